The Kier molecular flexibility index (Phi) is 7.29. The van der Waals surface area contributed by atoms with Crippen molar-refractivity contribution in [2.24, 2.45) is 0 Å². The molecule has 1 N–H and O–H groups in total. The number of ether oxygens (including phenoxy) is 1. The van der Waals surface area contributed by atoms with E-state index >= 15 is 0 Å². The Labute approximate surface area is 206 Å². The molecule has 35 heavy (non-hydrogen) atoms. The molecule has 0 saturated carbocycles. The van der Waals surface area contributed by atoms with Gasteiger partial charge in [0.1, 0.15) is 5.75 Å². The van der Waals surface area contributed by atoms with Crippen molar-refractivity contribution < 1.29 is 9.53 Å². The topological polar surface area (TPSA) is 67.3 Å². The van der Waals surface area contributed by atoms with Gasteiger partial charge in [0.2, 0.25) is 0 Å². The highest BCUT2D eigenvalue weighted by molar-refractivity contribution is 5.96. The number of nitrogens with zero attached hydrogens (tertiary/aromatic N) is 3. The van der Waals surface area contributed by atoms with Gasteiger partial charge in [0.15, 0.2) is 0 Å². The number of aromatic nitrogens is 2. The third kappa shape index (κ3) is 5.84. The van der Waals surface area contributed by atoms with Crippen LogP contribution in [0.4, 0.5) is 0 Å². The number of carbonyl (C=O) groups is 1. The van der Waals surface area contributed by atoms with Gasteiger partial charge in [0.25, 0.3) is 5.91 Å². The molecule has 2 aromatic carbocycles. The molecule has 178 valence electrons. The molecular weight excluding hydrogens is 436 g/mol. The number of carbonyl (C=O) groups excluding carboxylic acids is 1. The van der Waals surface area contributed by atoms with Gasteiger partial charge in [0, 0.05) is 55.7 Å². The molecular formula is C29H30N4O2. The van der Waals surface area contributed by atoms with Crippen LogP contribution in [0.25, 0.3) is 10.9 Å². The fourth-order valence-corrected chi connectivity index (χ4v) is 4.61. The quantitative estimate of drug-likeness (QED) is 0.350. The normalized spacial score (nSPS) is 13.0. The maximum Gasteiger partial charge on any atom is 0.251 e. The SMILES string of the molecule is O=C1NCCc2cc(OCCCN(CCc3cccnc3)Cc3ccnc4ccccc34)ccc21. The summed E-state index contributed by atoms with van der Waals surface area (Å²) < 4.78 is 6.06. The van der Waals surface area contributed by atoms with E-state index in [9.17, 15) is 4.79 Å². The number of rotatable bonds is 10. The van der Waals surface area contributed by atoms with Crippen molar-refractivity contribution in [3.63, 3.8) is 0 Å². The summed E-state index contributed by atoms with van der Waals surface area (Å²) in [6.45, 7) is 4.04. The molecule has 0 fully saturated rings. The molecule has 5 rings (SSSR count). The molecule has 4 aromatic rings. The van der Waals surface area contributed by atoms with Crippen molar-refractivity contribution in [2.75, 3.05) is 26.2 Å². The zero-order valence-electron chi connectivity index (χ0n) is 19.8. The second-order valence-electron chi connectivity index (χ2n) is 8.90. The predicted molar refractivity (Wildman–Crippen MR) is 138 cm³/mol. The van der Waals surface area contributed by atoms with E-state index in [2.05, 4.69) is 50.5 Å². The third-order valence-corrected chi connectivity index (χ3v) is 6.46. The number of hydrogen-bond acceptors (Lipinski definition) is 5. The number of benzene rings is 2. The molecule has 6 heteroatoms. The summed E-state index contributed by atoms with van der Waals surface area (Å²) >= 11 is 0. The molecule has 0 unspecified atom stereocenters. The first kappa shape index (κ1) is 23.0. The Bertz CT molecular complexity index is 1290. The minimum absolute atomic E-state index is 0.00527. The van der Waals surface area contributed by atoms with Gasteiger partial charge in [-0.15, -0.1) is 0 Å². The van der Waals surface area contributed by atoms with E-state index in [-0.39, 0.29) is 5.91 Å². The molecule has 0 saturated heterocycles. The van der Waals surface area contributed by atoms with Crippen LogP contribution in [0.2, 0.25) is 0 Å². The standard InChI is InChI=1S/C29H30N4O2/c34-29-27-9-8-25(19-23(27)10-15-32-29)35-18-4-16-33(17-12-22-5-3-13-30-20-22)21-24-11-14-31-28-7-2-1-6-26(24)28/h1-3,5-9,11,13-14,19-20H,4,10,12,15-18,21H2,(H,32,34). The van der Waals surface area contributed by atoms with E-state index in [4.69, 9.17) is 4.74 Å². The minimum Gasteiger partial charge on any atom is -0.494 e. The number of nitrogens with one attached hydrogen (secondary N) is 1. The summed E-state index contributed by atoms with van der Waals surface area (Å²) in [5.74, 6) is 0.839. The molecule has 0 aliphatic carbocycles. The summed E-state index contributed by atoms with van der Waals surface area (Å²) in [4.78, 5) is 23.2. The lowest BCUT2D eigenvalue weighted by atomic mass is 10.0. The van der Waals surface area contributed by atoms with Gasteiger partial charge in [-0.2, -0.15) is 0 Å². The number of para-hydroxylation sites is 1. The van der Waals surface area contributed by atoms with Gasteiger partial charge in [-0.25, -0.2) is 0 Å². The van der Waals surface area contributed by atoms with Gasteiger partial charge in [-0.05, 0) is 72.4 Å². The average Bonchev–Trinajstić information content (AvgIpc) is 2.90. The monoisotopic (exact) mass is 466 g/mol. The molecule has 1 amide bonds. The maximum atomic E-state index is 12.0. The lowest BCUT2D eigenvalue weighted by Crippen LogP contribution is -2.31. The molecule has 0 radical (unpaired) electrons. The number of fused-ring (bicyclic) bond motifs is 2. The smallest absolute Gasteiger partial charge is 0.251 e. The second-order valence-corrected chi connectivity index (χ2v) is 8.90. The lowest BCUT2D eigenvalue weighted by molar-refractivity contribution is 0.0946. The van der Waals surface area contributed by atoms with Crippen LogP contribution in [0.5, 0.6) is 5.75 Å². The average molecular weight is 467 g/mol. The Hall–Kier alpha value is -3.77. The zero-order chi connectivity index (χ0) is 23.9. The van der Waals surface area contributed by atoms with Crippen LogP contribution in [0.3, 0.4) is 0 Å². The van der Waals surface area contributed by atoms with E-state index in [0.717, 1.165) is 61.3 Å². The molecule has 0 bridgehead atoms. The first-order chi connectivity index (χ1) is 17.3. The summed E-state index contributed by atoms with van der Waals surface area (Å²) in [5, 5.41) is 4.09. The number of pyridine rings is 2. The third-order valence-electron chi connectivity index (χ3n) is 6.46. The van der Waals surface area contributed by atoms with E-state index < -0.39 is 0 Å². The molecule has 0 atom stereocenters. The highest BCUT2D eigenvalue weighted by Gasteiger charge is 2.17. The molecule has 2 aromatic heterocycles. The number of hydrogen-bond donors (Lipinski definition) is 1. The number of amides is 1. The van der Waals surface area contributed by atoms with Gasteiger partial charge in [0.05, 0.1) is 12.1 Å². The van der Waals surface area contributed by atoms with E-state index in [1.165, 1.54) is 16.5 Å². The van der Waals surface area contributed by atoms with Crippen LogP contribution in [0, 0.1) is 0 Å². The first-order valence-electron chi connectivity index (χ1n) is 12.2. The van der Waals surface area contributed by atoms with Gasteiger partial charge >= 0.3 is 0 Å². The van der Waals surface area contributed by atoms with Crippen molar-refractivity contribution in [1.29, 1.82) is 0 Å². The Morgan fingerprint density at radius 1 is 1.00 bits per heavy atom. The lowest BCUT2D eigenvalue weighted by Gasteiger charge is -2.23. The fourth-order valence-electron chi connectivity index (χ4n) is 4.61. The van der Waals surface area contributed by atoms with Gasteiger partial charge < -0.3 is 10.1 Å². The molecule has 0 spiro atoms. The van der Waals surface area contributed by atoms with Crippen LogP contribution >= 0.6 is 0 Å². The molecule has 1 aliphatic heterocycles. The van der Waals surface area contributed by atoms with E-state index in [0.29, 0.717) is 13.2 Å². The largest absolute Gasteiger partial charge is 0.494 e. The van der Waals surface area contributed by atoms with Crippen LogP contribution in [0.1, 0.15) is 33.5 Å². The van der Waals surface area contributed by atoms with Gasteiger partial charge in [-0.1, -0.05) is 24.3 Å². The fraction of sp³-hybridized carbons (Fsp3) is 0.276. The summed E-state index contributed by atoms with van der Waals surface area (Å²) in [6, 6.07) is 20.3. The summed E-state index contributed by atoms with van der Waals surface area (Å²) in [7, 11) is 0. The Morgan fingerprint density at radius 2 is 1.94 bits per heavy atom. The zero-order valence-corrected chi connectivity index (χ0v) is 19.8. The summed E-state index contributed by atoms with van der Waals surface area (Å²) in [5.41, 5.74) is 5.38. The van der Waals surface area contributed by atoms with Crippen LogP contribution in [0.15, 0.2) is 79.3 Å². The summed E-state index contributed by atoms with van der Waals surface area (Å²) in [6.07, 6.45) is 8.36. The van der Waals surface area contributed by atoms with Crippen molar-refractivity contribution in [3.05, 3.63) is 102 Å². The second kappa shape index (κ2) is 11.1. The predicted octanol–water partition coefficient (Wildman–Crippen LogP) is 4.43. The van der Waals surface area contributed by atoms with Crippen LogP contribution in [-0.2, 0) is 19.4 Å². The Morgan fingerprint density at radius 3 is 2.86 bits per heavy atom. The van der Waals surface area contributed by atoms with Gasteiger partial charge in [-0.3, -0.25) is 19.7 Å². The van der Waals surface area contributed by atoms with Crippen molar-refractivity contribution in [2.45, 2.75) is 25.8 Å². The molecule has 3 heterocycles. The van der Waals surface area contributed by atoms with E-state index in [1.54, 1.807) is 0 Å². The van der Waals surface area contributed by atoms with Crippen LogP contribution in [-0.4, -0.2) is 47.0 Å². The van der Waals surface area contributed by atoms with E-state index in [1.807, 2.05) is 48.9 Å². The Balaban J connectivity index is 1.22. The highest BCUT2D eigenvalue weighted by Crippen LogP contribution is 2.21. The molecule has 6 nitrogen and oxygen atoms in total. The van der Waals surface area contributed by atoms with Crippen molar-refractivity contribution in [1.82, 2.24) is 20.2 Å². The first-order valence-corrected chi connectivity index (χ1v) is 12.2. The highest BCUT2D eigenvalue weighted by atomic mass is 16.5. The maximum absolute atomic E-state index is 12.0. The molecule has 1 aliphatic rings. The van der Waals surface area contributed by atoms with Crippen molar-refractivity contribution in [3.8, 4) is 5.75 Å². The minimum atomic E-state index is 0.00527. The van der Waals surface area contributed by atoms with Crippen molar-refractivity contribution >= 4 is 16.8 Å². The van der Waals surface area contributed by atoms with Crippen LogP contribution < -0.4 is 10.1 Å².